The predicted octanol–water partition coefficient (Wildman–Crippen LogP) is 3.72. The van der Waals surface area contributed by atoms with Gasteiger partial charge >= 0.3 is 5.97 Å². The summed E-state index contributed by atoms with van der Waals surface area (Å²) in [6, 6.07) is 8.79. The van der Waals surface area contributed by atoms with Crippen molar-refractivity contribution in [2.75, 3.05) is 5.32 Å². The number of thiophene rings is 1. The van der Waals surface area contributed by atoms with E-state index in [1.807, 2.05) is 19.1 Å². The van der Waals surface area contributed by atoms with Gasteiger partial charge in [-0.3, -0.25) is 4.79 Å². The van der Waals surface area contributed by atoms with E-state index in [2.05, 4.69) is 5.32 Å². The summed E-state index contributed by atoms with van der Waals surface area (Å²) < 4.78 is 0. The third-order valence-electron chi connectivity index (χ3n) is 2.91. The van der Waals surface area contributed by atoms with Crippen LogP contribution in [0.3, 0.4) is 0 Å². The second-order valence-corrected chi connectivity index (χ2v) is 5.89. The Labute approximate surface area is 126 Å². The molecule has 0 bridgehead atoms. The fraction of sp³-hybridized carbons (Fsp3) is 0.125. The Morgan fingerprint density at radius 1 is 1.19 bits per heavy atom. The molecule has 1 aromatic heterocycles. The van der Waals surface area contributed by atoms with Gasteiger partial charge in [0.25, 0.3) is 0 Å². The summed E-state index contributed by atoms with van der Waals surface area (Å²) in [6.45, 7) is 3.75. The number of aryl methyl sites for hydroxylation is 2. The molecule has 0 fully saturated rings. The van der Waals surface area contributed by atoms with E-state index < -0.39 is 5.97 Å². The standard InChI is InChI=1S/C16H15NO3S/c1-10-4-3-5-13(16(19)20)15(10)17-14(18)9-8-12-7-6-11(2)21-12/h3-9H,1-2H3,(H,17,18)(H,19,20)/b9-8+. The van der Waals surface area contributed by atoms with Gasteiger partial charge in [-0.2, -0.15) is 0 Å². The maximum atomic E-state index is 11.9. The minimum Gasteiger partial charge on any atom is -0.478 e. The van der Waals surface area contributed by atoms with Crippen LogP contribution in [0.5, 0.6) is 0 Å². The average Bonchev–Trinajstić information content (AvgIpc) is 2.84. The first-order chi connectivity index (χ1) is 9.97. The van der Waals surface area contributed by atoms with Crippen LogP contribution in [0.25, 0.3) is 6.08 Å². The van der Waals surface area contributed by atoms with E-state index in [9.17, 15) is 9.59 Å². The van der Waals surface area contributed by atoms with Crippen molar-refractivity contribution < 1.29 is 14.7 Å². The number of nitrogens with one attached hydrogen (secondary N) is 1. The number of carboxylic acids is 1. The quantitative estimate of drug-likeness (QED) is 0.846. The number of para-hydroxylation sites is 1. The van der Waals surface area contributed by atoms with E-state index in [0.29, 0.717) is 11.3 Å². The molecule has 5 heteroatoms. The zero-order valence-electron chi connectivity index (χ0n) is 11.7. The first kappa shape index (κ1) is 15.0. The number of hydrogen-bond donors (Lipinski definition) is 2. The number of carboxylic acid groups (broad SMARTS) is 1. The fourth-order valence-electron chi connectivity index (χ4n) is 1.88. The van der Waals surface area contributed by atoms with E-state index in [-0.39, 0.29) is 11.5 Å². The lowest BCUT2D eigenvalue weighted by molar-refractivity contribution is -0.111. The van der Waals surface area contributed by atoms with Gasteiger partial charge in [0.2, 0.25) is 5.91 Å². The molecule has 0 atom stereocenters. The molecular formula is C16H15NO3S. The highest BCUT2D eigenvalue weighted by Crippen LogP contribution is 2.21. The Balaban J connectivity index is 2.16. The normalized spacial score (nSPS) is 10.8. The van der Waals surface area contributed by atoms with Gasteiger partial charge in [-0.1, -0.05) is 12.1 Å². The van der Waals surface area contributed by atoms with Crippen LogP contribution in [-0.2, 0) is 4.79 Å². The molecule has 0 radical (unpaired) electrons. The zero-order chi connectivity index (χ0) is 15.4. The van der Waals surface area contributed by atoms with Crippen molar-refractivity contribution in [1.29, 1.82) is 0 Å². The van der Waals surface area contributed by atoms with Gasteiger partial charge in [-0.25, -0.2) is 4.79 Å². The minimum atomic E-state index is -1.06. The van der Waals surface area contributed by atoms with Crippen molar-refractivity contribution in [3.63, 3.8) is 0 Å². The van der Waals surface area contributed by atoms with Crippen molar-refractivity contribution in [2.24, 2.45) is 0 Å². The van der Waals surface area contributed by atoms with Crippen LogP contribution in [0.1, 0.15) is 25.7 Å². The van der Waals surface area contributed by atoms with Gasteiger partial charge in [0.15, 0.2) is 0 Å². The van der Waals surface area contributed by atoms with Crippen molar-refractivity contribution in [3.8, 4) is 0 Å². The molecule has 0 aliphatic heterocycles. The zero-order valence-corrected chi connectivity index (χ0v) is 12.5. The van der Waals surface area contributed by atoms with Crippen molar-refractivity contribution in [2.45, 2.75) is 13.8 Å². The molecule has 0 spiro atoms. The Morgan fingerprint density at radius 3 is 2.57 bits per heavy atom. The summed E-state index contributed by atoms with van der Waals surface area (Å²) >= 11 is 1.59. The molecule has 108 valence electrons. The lowest BCUT2D eigenvalue weighted by Crippen LogP contribution is -2.13. The van der Waals surface area contributed by atoms with Gasteiger partial charge in [-0.05, 0) is 43.7 Å². The van der Waals surface area contributed by atoms with E-state index >= 15 is 0 Å². The molecule has 0 saturated carbocycles. The molecule has 0 unspecified atom stereocenters. The average molecular weight is 301 g/mol. The minimum absolute atomic E-state index is 0.0868. The second-order valence-electron chi connectivity index (χ2n) is 4.57. The molecule has 2 aromatic rings. The molecule has 0 saturated heterocycles. The van der Waals surface area contributed by atoms with Gasteiger partial charge in [0.05, 0.1) is 11.3 Å². The molecule has 21 heavy (non-hydrogen) atoms. The Bertz CT molecular complexity index is 716. The van der Waals surface area contributed by atoms with Crippen molar-refractivity contribution in [1.82, 2.24) is 0 Å². The van der Waals surface area contributed by atoms with Gasteiger partial charge in [0, 0.05) is 15.8 Å². The maximum Gasteiger partial charge on any atom is 0.337 e. The molecule has 1 heterocycles. The summed E-state index contributed by atoms with van der Waals surface area (Å²) in [5.74, 6) is -1.41. The molecule has 0 aliphatic rings. The highest BCUT2D eigenvalue weighted by Gasteiger charge is 2.13. The molecular weight excluding hydrogens is 286 g/mol. The van der Waals surface area contributed by atoms with Gasteiger partial charge in [0.1, 0.15) is 0 Å². The number of carbonyl (C=O) groups is 2. The maximum absolute atomic E-state index is 11.9. The number of benzene rings is 1. The molecule has 4 nitrogen and oxygen atoms in total. The Hall–Kier alpha value is -2.40. The number of amides is 1. The monoisotopic (exact) mass is 301 g/mol. The third-order valence-corrected chi connectivity index (χ3v) is 3.88. The van der Waals surface area contributed by atoms with Crippen molar-refractivity contribution >= 4 is 35.0 Å². The second kappa shape index (κ2) is 6.37. The summed E-state index contributed by atoms with van der Waals surface area (Å²) in [6.07, 6.45) is 3.12. The highest BCUT2D eigenvalue weighted by molar-refractivity contribution is 7.12. The van der Waals surface area contributed by atoms with E-state index in [4.69, 9.17) is 5.11 Å². The summed E-state index contributed by atoms with van der Waals surface area (Å²) in [5, 5.41) is 11.8. The van der Waals surface area contributed by atoms with Crippen molar-refractivity contribution in [3.05, 3.63) is 57.3 Å². The van der Waals surface area contributed by atoms with Gasteiger partial charge < -0.3 is 10.4 Å². The highest BCUT2D eigenvalue weighted by atomic mass is 32.1. The summed E-state index contributed by atoms with van der Waals surface area (Å²) in [7, 11) is 0. The molecule has 1 amide bonds. The van der Waals surface area contributed by atoms with E-state index in [1.54, 1.807) is 36.5 Å². The lowest BCUT2D eigenvalue weighted by Gasteiger charge is -2.09. The smallest absolute Gasteiger partial charge is 0.337 e. The number of carbonyl (C=O) groups excluding carboxylic acids is 1. The molecule has 2 rings (SSSR count). The van der Waals surface area contributed by atoms with Crippen LogP contribution in [0.4, 0.5) is 5.69 Å². The van der Waals surface area contributed by atoms with Crippen LogP contribution in [0.15, 0.2) is 36.4 Å². The van der Waals surface area contributed by atoms with Crippen LogP contribution >= 0.6 is 11.3 Å². The lowest BCUT2D eigenvalue weighted by atomic mass is 10.1. The molecule has 2 N–H and O–H groups in total. The number of rotatable bonds is 4. The fourth-order valence-corrected chi connectivity index (χ4v) is 2.66. The van der Waals surface area contributed by atoms with Crippen LogP contribution < -0.4 is 5.32 Å². The first-order valence-corrected chi connectivity index (χ1v) is 7.17. The summed E-state index contributed by atoms with van der Waals surface area (Å²) in [4.78, 5) is 25.2. The predicted molar refractivity (Wildman–Crippen MR) is 84.9 cm³/mol. The Morgan fingerprint density at radius 2 is 1.95 bits per heavy atom. The molecule has 1 aromatic carbocycles. The van der Waals surface area contributed by atoms with Gasteiger partial charge in [-0.15, -0.1) is 11.3 Å². The van der Waals surface area contributed by atoms with Crippen LogP contribution in [0.2, 0.25) is 0 Å². The molecule has 0 aliphatic carbocycles. The first-order valence-electron chi connectivity index (χ1n) is 6.36. The summed E-state index contributed by atoms with van der Waals surface area (Å²) in [5.41, 5.74) is 1.13. The topological polar surface area (TPSA) is 66.4 Å². The van der Waals surface area contributed by atoms with Crippen LogP contribution in [-0.4, -0.2) is 17.0 Å². The largest absolute Gasteiger partial charge is 0.478 e. The number of aromatic carboxylic acids is 1. The Kier molecular flexibility index (Phi) is 4.55. The van der Waals surface area contributed by atoms with E-state index in [1.165, 1.54) is 17.0 Å². The van der Waals surface area contributed by atoms with E-state index in [0.717, 1.165) is 4.88 Å². The number of anilines is 1. The SMILES string of the molecule is Cc1ccc(/C=C/C(=O)Nc2c(C)cccc2C(=O)O)s1. The van der Waals surface area contributed by atoms with Crippen LogP contribution in [0, 0.1) is 13.8 Å². The third kappa shape index (κ3) is 3.79. The number of hydrogen-bond acceptors (Lipinski definition) is 3.